The van der Waals surface area contributed by atoms with Crippen molar-refractivity contribution >= 4 is 11.8 Å². The minimum absolute atomic E-state index is 0.122. The van der Waals surface area contributed by atoms with Gasteiger partial charge >= 0.3 is 5.97 Å². The van der Waals surface area contributed by atoms with Gasteiger partial charge in [-0.05, 0) is 50.2 Å². The van der Waals surface area contributed by atoms with Gasteiger partial charge in [0.25, 0.3) is 0 Å². The number of aliphatic carboxylic acids is 1. The molecule has 0 aliphatic heterocycles. The van der Waals surface area contributed by atoms with Crippen molar-refractivity contribution in [3.63, 3.8) is 0 Å². The van der Waals surface area contributed by atoms with Crippen LogP contribution in [-0.2, 0) is 17.6 Å². The van der Waals surface area contributed by atoms with E-state index in [1.165, 1.54) is 5.56 Å². The highest BCUT2D eigenvalue weighted by Gasteiger charge is 2.33. The maximum atomic E-state index is 11.3. The van der Waals surface area contributed by atoms with Crippen LogP contribution in [0.4, 0.5) is 5.82 Å². The van der Waals surface area contributed by atoms with Gasteiger partial charge in [-0.1, -0.05) is 6.42 Å². The number of rotatable bonds is 3. The molecule has 5 heteroatoms. The van der Waals surface area contributed by atoms with E-state index in [2.05, 4.69) is 16.4 Å². The van der Waals surface area contributed by atoms with E-state index in [0.29, 0.717) is 17.8 Å². The predicted octanol–water partition coefficient (Wildman–Crippen LogP) is 2.50. The van der Waals surface area contributed by atoms with Crippen LogP contribution in [0.1, 0.15) is 48.9 Å². The molecular weight excluding hydrogens is 266 g/mol. The molecule has 110 valence electrons. The lowest BCUT2D eigenvalue weighted by Crippen LogP contribution is -2.30. The molecule has 1 fully saturated rings. The number of pyridine rings is 1. The summed E-state index contributed by atoms with van der Waals surface area (Å²) in [5, 5.41) is 21.8. The molecule has 0 saturated heterocycles. The van der Waals surface area contributed by atoms with Gasteiger partial charge < -0.3 is 10.4 Å². The summed E-state index contributed by atoms with van der Waals surface area (Å²) in [6.07, 6.45) is 6.63. The second-order valence-corrected chi connectivity index (χ2v) is 5.94. The number of aromatic nitrogens is 1. The number of carboxylic acids is 1. The molecule has 2 atom stereocenters. The van der Waals surface area contributed by atoms with Crippen LogP contribution in [0.25, 0.3) is 0 Å². The first-order valence-electron chi connectivity index (χ1n) is 7.61. The van der Waals surface area contributed by atoms with E-state index in [1.54, 1.807) is 0 Å². The number of fused-ring (bicyclic) bond motifs is 1. The van der Waals surface area contributed by atoms with E-state index in [-0.39, 0.29) is 12.0 Å². The maximum Gasteiger partial charge on any atom is 0.308 e. The van der Waals surface area contributed by atoms with Crippen molar-refractivity contribution in [2.45, 2.75) is 51.0 Å². The topological polar surface area (TPSA) is 86.0 Å². The molecule has 0 bridgehead atoms. The van der Waals surface area contributed by atoms with Gasteiger partial charge in [-0.3, -0.25) is 4.79 Å². The number of aryl methyl sites for hydroxylation is 2. The summed E-state index contributed by atoms with van der Waals surface area (Å²) >= 11 is 0. The van der Waals surface area contributed by atoms with E-state index < -0.39 is 5.97 Å². The molecule has 0 aromatic carbocycles. The SMILES string of the molecule is N#Cc1cc2c(nc1NC1CCCC1C(=O)O)CCCC2. The van der Waals surface area contributed by atoms with E-state index in [9.17, 15) is 15.2 Å². The van der Waals surface area contributed by atoms with Crippen LogP contribution in [0.15, 0.2) is 6.07 Å². The zero-order valence-corrected chi connectivity index (χ0v) is 11.9. The van der Waals surface area contributed by atoms with Gasteiger partial charge in [0.05, 0.1) is 11.5 Å². The molecule has 1 heterocycles. The molecule has 2 aliphatic rings. The zero-order chi connectivity index (χ0) is 14.8. The molecule has 1 aromatic heterocycles. The van der Waals surface area contributed by atoms with E-state index >= 15 is 0 Å². The highest BCUT2D eigenvalue weighted by molar-refractivity contribution is 5.72. The quantitative estimate of drug-likeness (QED) is 0.891. The number of hydrogen-bond donors (Lipinski definition) is 2. The minimum atomic E-state index is -0.763. The summed E-state index contributed by atoms with van der Waals surface area (Å²) in [5.74, 6) is -0.577. The third kappa shape index (κ3) is 2.71. The molecule has 1 saturated carbocycles. The number of nitrogens with one attached hydrogen (secondary N) is 1. The maximum absolute atomic E-state index is 11.3. The normalized spacial score (nSPS) is 24.1. The summed E-state index contributed by atoms with van der Waals surface area (Å²) in [6.45, 7) is 0. The molecule has 0 spiro atoms. The van der Waals surface area contributed by atoms with Crippen molar-refractivity contribution in [2.24, 2.45) is 5.92 Å². The van der Waals surface area contributed by atoms with Crippen molar-refractivity contribution in [3.8, 4) is 6.07 Å². The molecule has 3 rings (SSSR count). The van der Waals surface area contributed by atoms with Gasteiger partial charge in [-0.15, -0.1) is 0 Å². The Morgan fingerprint density at radius 3 is 2.90 bits per heavy atom. The lowest BCUT2D eigenvalue weighted by molar-refractivity contribution is -0.141. The first kappa shape index (κ1) is 13.9. The summed E-state index contributed by atoms with van der Waals surface area (Å²) in [5.41, 5.74) is 2.77. The number of carbonyl (C=O) groups is 1. The van der Waals surface area contributed by atoms with Gasteiger partial charge in [-0.2, -0.15) is 5.26 Å². The van der Waals surface area contributed by atoms with Crippen LogP contribution in [-0.4, -0.2) is 22.1 Å². The van der Waals surface area contributed by atoms with Crippen molar-refractivity contribution in [1.29, 1.82) is 5.26 Å². The monoisotopic (exact) mass is 285 g/mol. The largest absolute Gasteiger partial charge is 0.481 e. The van der Waals surface area contributed by atoms with Crippen molar-refractivity contribution in [3.05, 3.63) is 22.9 Å². The Morgan fingerprint density at radius 2 is 2.14 bits per heavy atom. The average Bonchev–Trinajstić information content (AvgIpc) is 2.95. The van der Waals surface area contributed by atoms with Crippen LogP contribution in [0.3, 0.4) is 0 Å². The Balaban J connectivity index is 1.88. The number of nitrogens with zero attached hydrogens (tertiary/aromatic N) is 2. The van der Waals surface area contributed by atoms with Crippen molar-refractivity contribution in [2.75, 3.05) is 5.32 Å². The lowest BCUT2D eigenvalue weighted by atomic mass is 9.94. The fourth-order valence-corrected chi connectivity index (χ4v) is 3.43. The van der Waals surface area contributed by atoms with Crippen molar-refractivity contribution in [1.82, 2.24) is 4.98 Å². The average molecular weight is 285 g/mol. The molecule has 2 unspecified atom stereocenters. The van der Waals surface area contributed by atoms with E-state index in [1.807, 2.05) is 6.07 Å². The van der Waals surface area contributed by atoms with Crippen molar-refractivity contribution < 1.29 is 9.90 Å². The molecule has 1 aromatic rings. The third-order valence-electron chi connectivity index (χ3n) is 4.58. The van der Waals surface area contributed by atoms with Crippen LogP contribution >= 0.6 is 0 Å². The molecule has 2 N–H and O–H groups in total. The second kappa shape index (κ2) is 5.72. The van der Waals surface area contributed by atoms with Crippen LogP contribution < -0.4 is 5.32 Å². The molecular formula is C16H19N3O2. The standard InChI is InChI=1S/C16H19N3O2/c17-9-11-8-10-4-1-2-6-13(10)18-15(11)19-14-7-3-5-12(14)16(20)21/h8,12,14H,1-7H2,(H,18,19)(H,20,21). The lowest BCUT2D eigenvalue weighted by Gasteiger charge is -2.21. The number of hydrogen-bond acceptors (Lipinski definition) is 4. The Kier molecular flexibility index (Phi) is 3.78. The Hall–Kier alpha value is -2.09. The number of carboxylic acid groups (broad SMARTS) is 1. The number of nitriles is 1. The molecule has 0 radical (unpaired) electrons. The van der Waals surface area contributed by atoms with Gasteiger partial charge in [0, 0.05) is 11.7 Å². The number of anilines is 1. The minimum Gasteiger partial charge on any atom is -0.481 e. The van der Waals surface area contributed by atoms with Gasteiger partial charge in [0.2, 0.25) is 0 Å². The molecule has 5 nitrogen and oxygen atoms in total. The van der Waals surface area contributed by atoms with E-state index in [4.69, 9.17) is 0 Å². The fraction of sp³-hybridized carbons (Fsp3) is 0.562. The first-order valence-corrected chi connectivity index (χ1v) is 7.61. The molecule has 21 heavy (non-hydrogen) atoms. The fourth-order valence-electron chi connectivity index (χ4n) is 3.43. The summed E-state index contributed by atoms with van der Waals surface area (Å²) in [4.78, 5) is 15.9. The van der Waals surface area contributed by atoms with Crippen LogP contribution in [0, 0.1) is 17.2 Å². The zero-order valence-electron chi connectivity index (χ0n) is 11.9. The molecule has 2 aliphatic carbocycles. The summed E-state index contributed by atoms with van der Waals surface area (Å²) in [7, 11) is 0. The smallest absolute Gasteiger partial charge is 0.308 e. The Morgan fingerprint density at radius 1 is 1.33 bits per heavy atom. The predicted molar refractivity (Wildman–Crippen MR) is 78.0 cm³/mol. The molecule has 0 amide bonds. The third-order valence-corrected chi connectivity index (χ3v) is 4.58. The Bertz CT molecular complexity index is 606. The Labute approximate surface area is 124 Å². The second-order valence-electron chi connectivity index (χ2n) is 5.94. The van der Waals surface area contributed by atoms with Gasteiger partial charge in [0.15, 0.2) is 0 Å². The van der Waals surface area contributed by atoms with Crippen LogP contribution in [0.2, 0.25) is 0 Å². The van der Waals surface area contributed by atoms with E-state index in [0.717, 1.165) is 44.2 Å². The van der Waals surface area contributed by atoms with Gasteiger partial charge in [-0.25, -0.2) is 4.98 Å². The van der Waals surface area contributed by atoms with Crippen LogP contribution in [0.5, 0.6) is 0 Å². The highest BCUT2D eigenvalue weighted by atomic mass is 16.4. The van der Waals surface area contributed by atoms with Gasteiger partial charge in [0.1, 0.15) is 11.9 Å². The highest BCUT2D eigenvalue weighted by Crippen LogP contribution is 2.30. The summed E-state index contributed by atoms with van der Waals surface area (Å²) < 4.78 is 0. The summed E-state index contributed by atoms with van der Waals surface area (Å²) in [6, 6.07) is 3.99. The first-order chi connectivity index (χ1) is 10.2.